The molecule has 0 spiro atoms. The number of aliphatic hydroxyl groups excluding tert-OH is 1. The molecule has 0 bridgehead atoms. The molecule has 1 fully saturated rings. The highest BCUT2D eigenvalue weighted by Crippen LogP contribution is 2.33. The van der Waals surface area contributed by atoms with Gasteiger partial charge >= 0.3 is 0 Å². The number of aryl methyl sites for hydroxylation is 1. The summed E-state index contributed by atoms with van der Waals surface area (Å²) >= 11 is 0. The van der Waals surface area contributed by atoms with Gasteiger partial charge in [0, 0.05) is 12.8 Å². The molecule has 0 saturated carbocycles. The first-order chi connectivity index (χ1) is 8.33. The number of hydrogen-bond donors (Lipinski definition) is 1. The second kappa shape index (κ2) is 4.67. The third kappa shape index (κ3) is 2.31. The maximum atomic E-state index is 9.74. The van der Waals surface area contributed by atoms with Crippen LogP contribution in [0.15, 0.2) is 18.2 Å². The Kier molecular flexibility index (Phi) is 3.04. The van der Waals surface area contributed by atoms with Crippen molar-refractivity contribution in [1.29, 1.82) is 0 Å². The van der Waals surface area contributed by atoms with Crippen LogP contribution in [0, 0.1) is 0 Å². The molecule has 1 aliphatic heterocycles. The fourth-order valence-electron chi connectivity index (χ4n) is 2.63. The molecular weight excluding hydrogens is 216 g/mol. The average molecular weight is 234 g/mol. The third-order valence-corrected chi connectivity index (χ3v) is 3.63. The van der Waals surface area contributed by atoms with Gasteiger partial charge in [-0.1, -0.05) is 6.07 Å². The number of rotatable bonds is 2. The topological polar surface area (TPSA) is 38.7 Å². The Morgan fingerprint density at radius 2 is 2.00 bits per heavy atom. The van der Waals surface area contributed by atoms with Crippen molar-refractivity contribution < 1.29 is 14.6 Å². The van der Waals surface area contributed by atoms with Crippen molar-refractivity contribution in [1.82, 2.24) is 0 Å². The Balaban J connectivity index is 1.71. The molecule has 0 amide bonds. The van der Waals surface area contributed by atoms with E-state index in [0.29, 0.717) is 0 Å². The fourth-order valence-corrected chi connectivity index (χ4v) is 2.63. The second-order valence-electron chi connectivity index (χ2n) is 4.84. The highest BCUT2D eigenvalue weighted by molar-refractivity contribution is 5.39. The van der Waals surface area contributed by atoms with Gasteiger partial charge in [-0.05, 0) is 36.1 Å². The van der Waals surface area contributed by atoms with Gasteiger partial charge in [-0.15, -0.1) is 0 Å². The minimum absolute atomic E-state index is 0.276. The number of hydrogen-bond acceptors (Lipinski definition) is 3. The van der Waals surface area contributed by atoms with Crippen molar-refractivity contribution in [3.8, 4) is 5.75 Å². The van der Waals surface area contributed by atoms with E-state index in [1.807, 2.05) is 12.1 Å². The first kappa shape index (κ1) is 11.1. The minimum Gasteiger partial charge on any atom is -0.490 e. The van der Waals surface area contributed by atoms with Crippen molar-refractivity contribution in [2.45, 2.75) is 37.9 Å². The van der Waals surface area contributed by atoms with Gasteiger partial charge < -0.3 is 14.6 Å². The van der Waals surface area contributed by atoms with Crippen LogP contribution in [0.1, 0.15) is 36.5 Å². The van der Waals surface area contributed by atoms with E-state index in [2.05, 4.69) is 6.07 Å². The molecule has 1 atom stereocenters. The molecule has 0 aromatic heterocycles. The quantitative estimate of drug-likeness (QED) is 0.852. The van der Waals surface area contributed by atoms with Gasteiger partial charge in [-0.3, -0.25) is 0 Å². The summed E-state index contributed by atoms with van der Waals surface area (Å²) in [5, 5.41) is 9.74. The molecule has 3 rings (SSSR count). The molecule has 2 aliphatic rings. The molecule has 1 heterocycles. The monoisotopic (exact) mass is 234 g/mol. The van der Waals surface area contributed by atoms with Crippen molar-refractivity contribution >= 4 is 0 Å². The third-order valence-electron chi connectivity index (χ3n) is 3.63. The molecule has 3 nitrogen and oxygen atoms in total. The Labute approximate surface area is 101 Å². The molecule has 0 unspecified atom stereocenters. The second-order valence-corrected chi connectivity index (χ2v) is 4.84. The van der Waals surface area contributed by atoms with Crippen LogP contribution in [0.25, 0.3) is 0 Å². The zero-order valence-electron chi connectivity index (χ0n) is 9.89. The lowest BCUT2D eigenvalue weighted by Crippen LogP contribution is -2.25. The lowest BCUT2D eigenvalue weighted by molar-refractivity contribution is 0.0255. The van der Waals surface area contributed by atoms with Gasteiger partial charge in [-0.25, -0.2) is 0 Å². The summed E-state index contributed by atoms with van der Waals surface area (Å²) in [6, 6.07) is 6.06. The van der Waals surface area contributed by atoms with Gasteiger partial charge in [0.15, 0.2) is 0 Å². The van der Waals surface area contributed by atoms with E-state index in [4.69, 9.17) is 9.47 Å². The number of ether oxygens (including phenoxy) is 2. The van der Waals surface area contributed by atoms with Crippen LogP contribution in [0.3, 0.4) is 0 Å². The maximum absolute atomic E-state index is 9.74. The normalized spacial score (nSPS) is 24.6. The zero-order chi connectivity index (χ0) is 11.7. The van der Waals surface area contributed by atoms with E-state index in [9.17, 15) is 5.11 Å². The SMILES string of the molecule is O[C@@H]1CCc2cc(OC3CCOCC3)ccc21. The lowest BCUT2D eigenvalue weighted by Gasteiger charge is -2.23. The largest absolute Gasteiger partial charge is 0.490 e. The van der Waals surface area contributed by atoms with Crippen LogP contribution >= 0.6 is 0 Å². The van der Waals surface area contributed by atoms with E-state index < -0.39 is 0 Å². The molecule has 1 aromatic rings. The Bertz CT molecular complexity index is 396. The van der Waals surface area contributed by atoms with Crippen LogP contribution in [0.4, 0.5) is 0 Å². The Morgan fingerprint density at radius 3 is 2.82 bits per heavy atom. The molecule has 17 heavy (non-hydrogen) atoms. The smallest absolute Gasteiger partial charge is 0.120 e. The molecule has 0 radical (unpaired) electrons. The number of fused-ring (bicyclic) bond motifs is 1. The lowest BCUT2D eigenvalue weighted by atomic mass is 10.1. The van der Waals surface area contributed by atoms with Gasteiger partial charge in [-0.2, -0.15) is 0 Å². The summed E-state index contributed by atoms with van der Waals surface area (Å²) < 4.78 is 11.3. The van der Waals surface area contributed by atoms with Crippen molar-refractivity contribution in [2.24, 2.45) is 0 Å². The Morgan fingerprint density at radius 1 is 1.18 bits per heavy atom. The number of benzene rings is 1. The Hall–Kier alpha value is -1.06. The molecule has 1 aliphatic carbocycles. The zero-order valence-corrected chi connectivity index (χ0v) is 9.89. The van der Waals surface area contributed by atoms with Crippen LogP contribution in [0.2, 0.25) is 0 Å². The standard InChI is InChI=1S/C14H18O3/c15-14-4-1-10-9-12(2-3-13(10)14)17-11-5-7-16-8-6-11/h2-3,9,11,14-15H,1,4-8H2/t14-/m1/s1. The van der Waals surface area contributed by atoms with Crippen LogP contribution < -0.4 is 4.74 Å². The molecule has 1 aromatic carbocycles. The van der Waals surface area contributed by atoms with Crippen LogP contribution in [0.5, 0.6) is 5.75 Å². The van der Waals surface area contributed by atoms with E-state index >= 15 is 0 Å². The fraction of sp³-hybridized carbons (Fsp3) is 0.571. The van der Waals surface area contributed by atoms with Crippen molar-refractivity contribution in [3.05, 3.63) is 29.3 Å². The first-order valence-corrected chi connectivity index (χ1v) is 6.38. The molecule has 1 saturated heterocycles. The first-order valence-electron chi connectivity index (χ1n) is 6.38. The number of aliphatic hydroxyl groups is 1. The van der Waals surface area contributed by atoms with E-state index in [-0.39, 0.29) is 12.2 Å². The molecular formula is C14H18O3. The summed E-state index contributed by atoms with van der Waals surface area (Å²) in [6.45, 7) is 1.60. The predicted octanol–water partition coefficient (Wildman–Crippen LogP) is 2.22. The summed E-state index contributed by atoms with van der Waals surface area (Å²) in [5.41, 5.74) is 2.31. The van der Waals surface area contributed by atoms with E-state index in [0.717, 1.165) is 50.2 Å². The maximum Gasteiger partial charge on any atom is 0.120 e. The summed E-state index contributed by atoms with van der Waals surface area (Å²) in [5.74, 6) is 0.935. The van der Waals surface area contributed by atoms with Crippen molar-refractivity contribution in [3.63, 3.8) is 0 Å². The molecule has 3 heteroatoms. The van der Waals surface area contributed by atoms with Gasteiger partial charge in [0.1, 0.15) is 11.9 Å². The predicted molar refractivity (Wildman–Crippen MR) is 64.2 cm³/mol. The van der Waals surface area contributed by atoms with Crippen molar-refractivity contribution in [2.75, 3.05) is 13.2 Å². The highest BCUT2D eigenvalue weighted by atomic mass is 16.5. The molecule has 1 N–H and O–H groups in total. The average Bonchev–Trinajstić information content (AvgIpc) is 2.72. The minimum atomic E-state index is -0.276. The van der Waals surface area contributed by atoms with E-state index in [1.165, 1.54) is 5.56 Å². The van der Waals surface area contributed by atoms with Crippen LogP contribution in [-0.2, 0) is 11.2 Å². The highest BCUT2D eigenvalue weighted by Gasteiger charge is 2.21. The van der Waals surface area contributed by atoms with Gasteiger partial charge in [0.05, 0.1) is 19.3 Å². The van der Waals surface area contributed by atoms with Crippen LogP contribution in [-0.4, -0.2) is 24.4 Å². The molecule has 92 valence electrons. The van der Waals surface area contributed by atoms with Gasteiger partial charge in [0.25, 0.3) is 0 Å². The van der Waals surface area contributed by atoms with Gasteiger partial charge in [0.2, 0.25) is 0 Å². The summed E-state index contributed by atoms with van der Waals surface area (Å²) in [4.78, 5) is 0. The summed E-state index contributed by atoms with van der Waals surface area (Å²) in [7, 11) is 0. The van der Waals surface area contributed by atoms with E-state index in [1.54, 1.807) is 0 Å². The summed E-state index contributed by atoms with van der Waals surface area (Å²) in [6.07, 6.45) is 3.76.